The van der Waals surface area contributed by atoms with Gasteiger partial charge in [-0.3, -0.25) is 4.79 Å². The van der Waals surface area contributed by atoms with Gasteiger partial charge in [0.25, 0.3) is 5.91 Å². The minimum Gasteiger partial charge on any atom is -0.453 e. The maximum Gasteiger partial charge on any atom is 0.407 e. The summed E-state index contributed by atoms with van der Waals surface area (Å²) >= 11 is 0. The van der Waals surface area contributed by atoms with Crippen molar-refractivity contribution in [2.45, 2.75) is 19.9 Å². The van der Waals surface area contributed by atoms with Gasteiger partial charge in [0.15, 0.2) is 0 Å². The molecular formula is C20H23N3O3. The Bertz CT molecular complexity index is 717. The summed E-state index contributed by atoms with van der Waals surface area (Å²) in [6.07, 6.45) is -0.658. The molecule has 2 aromatic rings. The number of alkyl carbamates (subject to hydrolysis) is 1. The largest absolute Gasteiger partial charge is 0.453 e. The number of hydrogen-bond donors (Lipinski definition) is 2. The van der Waals surface area contributed by atoms with Crippen LogP contribution in [0.25, 0.3) is 0 Å². The molecule has 0 saturated heterocycles. The third-order valence-electron chi connectivity index (χ3n) is 3.78. The molecule has 2 rings (SSSR count). The molecule has 0 aromatic heterocycles. The van der Waals surface area contributed by atoms with E-state index in [1.165, 1.54) is 7.11 Å². The van der Waals surface area contributed by atoms with Crippen LogP contribution in [0.2, 0.25) is 0 Å². The molecule has 2 amide bonds. The number of hydrazone groups is 1. The van der Waals surface area contributed by atoms with Gasteiger partial charge in [-0.2, -0.15) is 5.10 Å². The van der Waals surface area contributed by atoms with Gasteiger partial charge in [-0.15, -0.1) is 0 Å². The molecule has 0 aliphatic carbocycles. The van der Waals surface area contributed by atoms with Gasteiger partial charge in [-0.1, -0.05) is 74.5 Å². The zero-order valence-electron chi connectivity index (χ0n) is 15.1. The summed E-state index contributed by atoms with van der Waals surface area (Å²) in [5.74, 6) is -0.532. The summed E-state index contributed by atoms with van der Waals surface area (Å²) in [6, 6.07) is 18.4. The lowest BCUT2D eigenvalue weighted by Gasteiger charge is -2.20. The maximum atomic E-state index is 12.5. The third kappa shape index (κ3) is 5.17. The lowest BCUT2D eigenvalue weighted by molar-refractivity contribution is -0.124. The van der Waals surface area contributed by atoms with E-state index in [9.17, 15) is 9.59 Å². The Hall–Kier alpha value is -3.15. The molecule has 2 aromatic carbocycles. The quantitative estimate of drug-likeness (QED) is 0.619. The number of hydrogen-bond acceptors (Lipinski definition) is 4. The van der Waals surface area contributed by atoms with Gasteiger partial charge < -0.3 is 10.1 Å². The molecule has 0 fully saturated rings. The Morgan fingerprint density at radius 1 is 0.923 bits per heavy atom. The minimum atomic E-state index is -0.751. The standard InChI is InChI=1S/C20H23N3O3/c1-14(2)17(21-20(25)26-3)19(24)23-22-18(15-10-6-4-7-11-15)16-12-8-5-9-13-16/h4-14,17H,1-3H3,(H,21,25)(H,23,24). The first kappa shape index (κ1) is 19.2. The van der Waals surface area contributed by atoms with Crippen LogP contribution in [0.1, 0.15) is 25.0 Å². The van der Waals surface area contributed by atoms with Crippen molar-refractivity contribution < 1.29 is 14.3 Å². The molecule has 0 bridgehead atoms. The molecule has 0 radical (unpaired) electrons. The van der Waals surface area contributed by atoms with Gasteiger partial charge in [0, 0.05) is 11.1 Å². The van der Waals surface area contributed by atoms with E-state index in [-0.39, 0.29) is 5.92 Å². The van der Waals surface area contributed by atoms with E-state index in [0.29, 0.717) is 5.71 Å². The number of methoxy groups -OCH3 is 1. The topological polar surface area (TPSA) is 79.8 Å². The second kappa shape index (κ2) is 9.36. The molecule has 0 aliphatic rings. The number of ether oxygens (including phenoxy) is 1. The van der Waals surface area contributed by atoms with Gasteiger partial charge in [0.05, 0.1) is 12.8 Å². The van der Waals surface area contributed by atoms with Crippen molar-refractivity contribution >= 4 is 17.7 Å². The molecule has 0 aliphatic heterocycles. The van der Waals surface area contributed by atoms with Crippen molar-refractivity contribution in [1.29, 1.82) is 0 Å². The molecule has 136 valence electrons. The van der Waals surface area contributed by atoms with E-state index in [1.54, 1.807) is 0 Å². The second-order valence-electron chi connectivity index (χ2n) is 6.03. The van der Waals surface area contributed by atoms with E-state index in [2.05, 4.69) is 20.6 Å². The van der Waals surface area contributed by atoms with Gasteiger partial charge >= 0.3 is 6.09 Å². The summed E-state index contributed by atoms with van der Waals surface area (Å²) < 4.78 is 4.58. The van der Waals surface area contributed by atoms with Crippen LogP contribution in [0.3, 0.4) is 0 Å². The summed E-state index contributed by atoms with van der Waals surface area (Å²) in [7, 11) is 1.26. The normalized spacial score (nSPS) is 11.4. The fourth-order valence-electron chi connectivity index (χ4n) is 2.39. The SMILES string of the molecule is COC(=O)NC(C(=O)NN=C(c1ccccc1)c1ccccc1)C(C)C. The number of benzene rings is 2. The summed E-state index contributed by atoms with van der Waals surface area (Å²) in [4.78, 5) is 24.0. The molecule has 6 heteroatoms. The highest BCUT2D eigenvalue weighted by Crippen LogP contribution is 2.11. The van der Waals surface area contributed by atoms with E-state index in [4.69, 9.17) is 0 Å². The van der Waals surface area contributed by atoms with Crippen LogP contribution in [0, 0.1) is 5.92 Å². The van der Waals surface area contributed by atoms with Crippen LogP contribution in [0.4, 0.5) is 4.79 Å². The molecule has 0 saturated carbocycles. The smallest absolute Gasteiger partial charge is 0.407 e. The zero-order chi connectivity index (χ0) is 18.9. The fourth-order valence-corrected chi connectivity index (χ4v) is 2.39. The highest BCUT2D eigenvalue weighted by Gasteiger charge is 2.24. The summed E-state index contributed by atoms with van der Waals surface area (Å²) in [5, 5.41) is 6.85. The Morgan fingerprint density at radius 3 is 1.85 bits per heavy atom. The molecule has 2 N–H and O–H groups in total. The molecule has 1 unspecified atom stereocenters. The molecular weight excluding hydrogens is 330 g/mol. The average Bonchev–Trinajstić information content (AvgIpc) is 2.67. The Morgan fingerprint density at radius 2 is 1.42 bits per heavy atom. The number of carbonyl (C=O) groups is 2. The molecule has 26 heavy (non-hydrogen) atoms. The lowest BCUT2D eigenvalue weighted by atomic mass is 10.0. The van der Waals surface area contributed by atoms with Crippen LogP contribution in [0.5, 0.6) is 0 Å². The highest BCUT2D eigenvalue weighted by atomic mass is 16.5. The van der Waals surface area contributed by atoms with Crippen molar-refractivity contribution in [1.82, 2.24) is 10.7 Å². The van der Waals surface area contributed by atoms with Crippen molar-refractivity contribution in [3.05, 3.63) is 71.8 Å². The van der Waals surface area contributed by atoms with Gasteiger partial charge in [-0.05, 0) is 5.92 Å². The number of amides is 2. The average molecular weight is 353 g/mol. The third-order valence-corrected chi connectivity index (χ3v) is 3.78. The Kier molecular flexibility index (Phi) is 6.91. The van der Waals surface area contributed by atoms with Crippen LogP contribution in [-0.2, 0) is 9.53 Å². The first-order valence-electron chi connectivity index (χ1n) is 8.35. The van der Waals surface area contributed by atoms with Crippen molar-refractivity contribution in [2.75, 3.05) is 7.11 Å². The van der Waals surface area contributed by atoms with Gasteiger partial charge in [0.2, 0.25) is 0 Å². The Labute approximate surface area is 153 Å². The highest BCUT2D eigenvalue weighted by molar-refractivity contribution is 6.13. The van der Waals surface area contributed by atoms with Crippen LogP contribution in [-0.4, -0.2) is 30.9 Å². The van der Waals surface area contributed by atoms with Crippen LogP contribution in [0.15, 0.2) is 65.8 Å². The van der Waals surface area contributed by atoms with Crippen molar-refractivity contribution in [3.63, 3.8) is 0 Å². The first-order chi connectivity index (χ1) is 12.5. The molecule has 0 heterocycles. The first-order valence-corrected chi connectivity index (χ1v) is 8.35. The number of carbonyl (C=O) groups excluding carboxylic acids is 2. The van der Waals surface area contributed by atoms with E-state index >= 15 is 0 Å². The van der Waals surface area contributed by atoms with Crippen molar-refractivity contribution in [2.24, 2.45) is 11.0 Å². The summed E-state index contributed by atoms with van der Waals surface area (Å²) in [5.41, 5.74) is 4.96. The van der Waals surface area contributed by atoms with Crippen LogP contribution < -0.4 is 10.7 Å². The molecule has 6 nitrogen and oxygen atoms in total. The zero-order valence-corrected chi connectivity index (χ0v) is 15.1. The summed E-state index contributed by atoms with van der Waals surface area (Å²) in [6.45, 7) is 3.67. The lowest BCUT2D eigenvalue weighted by Crippen LogP contribution is -2.48. The van der Waals surface area contributed by atoms with E-state index in [0.717, 1.165) is 11.1 Å². The second-order valence-corrected chi connectivity index (χ2v) is 6.03. The predicted octanol–water partition coefficient (Wildman–Crippen LogP) is 2.94. The van der Waals surface area contributed by atoms with Gasteiger partial charge in [0.1, 0.15) is 6.04 Å². The van der Waals surface area contributed by atoms with E-state index < -0.39 is 18.0 Å². The Balaban J connectivity index is 2.27. The monoisotopic (exact) mass is 353 g/mol. The number of nitrogens with zero attached hydrogens (tertiary/aromatic N) is 1. The minimum absolute atomic E-state index is 0.124. The fraction of sp³-hybridized carbons (Fsp3) is 0.250. The van der Waals surface area contributed by atoms with E-state index in [1.807, 2.05) is 74.5 Å². The van der Waals surface area contributed by atoms with Crippen molar-refractivity contribution in [3.8, 4) is 0 Å². The predicted molar refractivity (Wildman–Crippen MR) is 101 cm³/mol. The maximum absolute atomic E-state index is 12.5. The molecule has 0 spiro atoms. The number of rotatable bonds is 6. The number of nitrogens with one attached hydrogen (secondary N) is 2. The molecule has 1 atom stereocenters. The van der Waals surface area contributed by atoms with Gasteiger partial charge in [-0.25, -0.2) is 10.2 Å². The van der Waals surface area contributed by atoms with Crippen LogP contribution >= 0.6 is 0 Å².